The van der Waals surface area contributed by atoms with Crippen LogP contribution in [0.15, 0.2) is 29.3 Å². The lowest BCUT2D eigenvalue weighted by Crippen LogP contribution is -2.61. The maximum Gasteiger partial charge on any atom is 0.272 e. The molecule has 1 aromatic carbocycles. The fourth-order valence-corrected chi connectivity index (χ4v) is 5.21. The second-order valence-electron chi connectivity index (χ2n) is 6.89. The number of anilines is 1. The van der Waals surface area contributed by atoms with Gasteiger partial charge in [-0.2, -0.15) is 0 Å². The van der Waals surface area contributed by atoms with E-state index in [4.69, 9.17) is 4.74 Å². The number of halogens is 2. The summed E-state index contributed by atoms with van der Waals surface area (Å²) in [4.78, 5) is 12.8. The minimum Gasteiger partial charge on any atom is -0.377 e. The molecule has 144 valence electrons. The van der Waals surface area contributed by atoms with Gasteiger partial charge in [0.05, 0.1) is 18.8 Å². The van der Waals surface area contributed by atoms with E-state index in [1.54, 1.807) is 7.05 Å². The molecule has 1 fully saturated rings. The maximum atomic E-state index is 13.4. The van der Waals surface area contributed by atoms with Gasteiger partial charge in [-0.25, -0.2) is 21.9 Å². The molecule has 0 atom stereocenters. The third kappa shape index (κ3) is 3.03. The van der Waals surface area contributed by atoms with E-state index in [-0.39, 0.29) is 16.3 Å². The summed E-state index contributed by atoms with van der Waals surface area (Å²) in [6.45, 7) is 0.581. The molecule has 0 saturated carbocycles. The van der Waals surface area contributed by atoms with Crippen molar-refractivity contribution in [1.29, 1.82) is 0 Å². The first kappa shape index (κ1) is 18.1. The molecule has 10 heteroatoms. The highest BCUT2D eigenvalue weighted by atomic mass is 32.2. The fraction of sp³-hybridized carbons (Fsp3) is 0.353. The van der Waals surface area contributed by atoms with Crippen LogP contribution in [0.2, 0.25) is 0 Å². The molecule has 1 spiro atoms. The van der Waals surface area contributed by atoms with E-state index in [2.05, 4.69) is 10.0 Å². The van der Waals surface area contributed by atoms with Crippen molar-refractivity contribution < 1.29 is 26.7 Å². The van der Waals surface area contributed by atoms with Crippen molar-refractivity contribution in [3.8, 4) is 0 Å². The molecule has 2 aromatic rings. The summed E-state index contributed by atoms with van der Waals surface area (Å²) in [5, 5.41) is 2.49. The van der Waals surface area contributed by atoms with Crippen LogP contribution in [0.1, 0.15) is 22.5 Å². The number of hydrogen-bond acceptors (Lipinski definition) is 4. The minimum absolute atomic E-state index is 0.0456. The lowest BCUT2D eigenvalue weighted by molar-refractivity contribution is -0.0657. The third-order valence-corrected chi connectivity index (χ3v) is 6.52. The summed E-state index contributed by atoms with van der Waals surface area (Å²) in [6.07, 6.45) is 2.25. The number of aryl methyl sites for hydroxylation is 1. The van der Waals surface area contributed by atoms with E-state index in [1.165, 1.54) is 16.8 Å². The zero-order chi connectivity index (χ0) is 19.4. The Labute approximate surface area is 154 Å². The van der Waals surface area contributed by atoms with Crippen molar-refractivity contribution in [2.45, 2.75) is 23.3 Å². The van der Waals surface area contributed by atoms with Crippen LogP contribution in [0.5, 0.6) is 0 Å². The number of ether oxygens (including phenoxy) is 1. The summed E-state index contributed by atoms with van der Waals surface area (Å²) in [5.74, 6) is -2.70. The van der Waals surface area contributed by atoms with Crippen LogP contribution < -0.4 is 10.0 Å². The Morgan fingerprint density at radius 2 is 2.04 bits per heavy atom. The van der Waals surface area contributed by atoms with Gasteiger partial charge in [-0.1, -0.05) is 0 Å². The molecule has 4 rings (SSSR count). The van der Waals surface area contributed by atoms with Crippen LogP contribution in [0.3, 0.4) is 0 Å². The van der Waals surface area contributed by atoms with Gasteiger partial charge < -0.3 is 14.6 Å². The van der Waals surface area contributed by atoms with Crippen molar-refractivity contribution >= 4 is 21.6 Å². The van der Waals surface area contributed by atoms with Crippen molar-refractivity contribution in [1.82, 2.24) is 9.29 Å². The van der Waals surface area contributed by atoms with Crippen LogP contribution in [0, 0.1) is 11.6 Å². The Bertz CT molecular complexity index is 1040. The first-order valence-electron chi connectivity index (χ1n) is 8.27. The molecule has 1 saturated heterocycles. The van der Waals surface area contributed by atoms with Crippen molar-refractivity contribution in [2.75, 3.05) is 18.5 Å². The van der Waals surface area contributed by atoms with Gasteiger partial charge in [0.25, 0.3) is 5.91 Å². The second-order valence-corrected chi connectivity index (χ2v) is 8.54. The van der Waals surface area contributed by atoms with Gasteiger partial charge in [-0.15, -0.1) is 0 Å². The standard InChI is InChI=1S/C17H17F2N3O4S/c1-22-7-14-11(4-5-17(8-26-9-17)21-27(14,24)25)15(22)16(23)20-10-2-3-12(18)13(19)6-10/h2-3,6-7,21H,4-5,8-9H2,1H3,(H,20,23). The Morgan fingerprint density at radius 1 is 1.30 bits per heavy atom. The monoisotopic (exact) mass is 397 g/mol. The Morgan fingerprint density at radius 3 is 2.67 bits per heavy atom. The number of carbonyl (C=O) groups excluding carboxylic acids is 1. The van der Waals surface area contributed by atoms with Crippen LogP contribution in [-0.2, 0) is 28.2 Å². The number of amides is 1. The van der Waals surface area contributed by atoms with Crippen LogP contribution in [0.25, 0.3) is 0 Å². The summed E-state index contributed by atoms with van der Waals surface area (Å²) in [5.41, 5.74) is -0.00404. The Hall–Kier alpha value is -2.30. The van der Waals surface area contributed by atoms with Crippen LogP contribution >= 0.6 is 0 Å². The highest BCUT2D eigenvalue weighted by molar-refractivity contribution is 7.89. The van der Waals surface area contributed by atoms with Gasteiger partial charge in [-0.05, 0) is 25.0 Å². The average molecular weight is 397 g/mol. The number of fused-ring (bicyclic) bond motifs is 1. The molecule has 2 N–H and O–H groups in total. The van der Waals surface area contributed by atoms with E-state index >= 15 is 0 Å². The first-order valence-corrected chi connectivity index (χ1v) is 9.75. The summed E-state index contributed by atoms with van der Waals surface area (Å²) >= 11 is 0. The molecule has 7 nitrogen and oxygen atoms in total. The highest BCUT2D eigenvalue weighted by Gasteiger charge is 2.46. The van der Waals surface area contributed by atoms with Gasteiger partial charge in [0.1, 0.15) is 10.6 Å². The van der Waals surface area contributed by atoms with Gasteiger partial charge in [-0.3, -0.25) is 4.79 Å². The minimum atomic E-state index is -3.81. The molecular weight excluding hydrogens is 380 g/mol. The summed E-state index contributed by atoms with van der Waals surface area (Å²) in [7, 11) is -2.25. The number of benzene rings is 1. The molecule has 0 radical (unpaired) electrons. The molecule has 1 aromatic heterocycles. The maximum absolute atomic E-state index is 13.4. The van der Waals surface area contributed by atoms with Crippen molar-refractivity contribution in [3.05, 3.63) is 47.3 Å². The summed E-state index contributed by atoms with van der Waals surface area (Å²) in [6, 6.07) is 3.01. The number of hydrogen-bond donors (Lipinski definition) is 2. The Balaban J connectivity index is 1.69. The van der Waals surface area contributed by atoms with Crippen LogP contribution in [-0.4, -0.2) is 37.6 Å². The van der Waals surface area contributed by atoms with Gasteiger partial charge >= 0.3 is 0 Å². The molecule has 27 heavy (non-hydrogen) atoms. The number of nitrogens with zero attached hydrogens (tertiary/aromatic N) is 1. The number of aromatic nitrogens is 1. The van der Waals surface area contributed by atoms with E-state index in [0.717, 1.165) is 12.1 Å². The predicted molar refractivity (Wildman–Crippen MR) is 91.9 cm³/mol. The number of carbonyl (C=O) groups is 1. The lowest BCUT2D eigenvalue weighted by Gasteiger charge is -2.40. The fourth-order valence-electron chi connectivity index (χ4n) is 3.49. The molecular formula is C17H17F2N3O4S. The lowest BCUT2D eigenvalue weighted by atomic mass is 9.90. The quantitative estimate of drug-likeness (QED) is 0.805. The molecule has 1 amide bonds. The second kappa shape index (κ2) is 6.11. The van der Waals surface area contributed by atoms with E-state index in [1.807, 2.05) is 0 Å². The molecule has 2 aliphatic heterocycles. The Kier molecular flexibility index (Phi) is 4.09. The number of sulfonamides is 1. The largest absolute Gasteiger partial charge is 0.377 e. The van der Waals surface area contributed by atoms with E-state index < -0.39 is 33.1 Å². The van der Waals surface area contributed by atoms with Crippen molar-refractivity contribution in [2.24, 2.45) is 7.05 Å². The smallest absolute Gasteiger partial charge is 0.272 e. The van der Waals surface area contributed by atoms with Gasteiger partial charge in [0, 0.05) is 30.6 Å². The van der Waals surface area contributed by atoms with Gasteiger partial charge in [0.2, 0.25) is 10.0 Å². The normalized spacial score (nSPS) is 19.8. The third-order valence-electron chi connectivity index (χ3n) is 4.89. The molecule has 2 aliphatic rings. The molecule has 0 bridgehead atoms. The molecule has 0 unspecified atom stereocenters. The topological polar surface area (TPSA) is 89.4 Å². The average Bonchev–Trinajstić information content (AvgIpc) is 2.85. The molecule has 0 aliphatic carbocycles. The van der Waals surface area contributed by atoms with Crippen molar-refractivity contribution in [3.63, 3.8) is 0 Å². The number of rotatable bonds is 2. The van der Waals surface area contributed by atoms with Crippen LogP contribution in [0.4, 0.5) is 14.5 Å². The first-order chi connectivity index (χ1) is 12.7. The van der Waals surface area contributed by atoms with E-state index in [9.17, 15) is 22.0 Å². The van der Waals surface area contributed by atoms with E-state index in [0.29, 0.717) is 31.6 Å². The highest BCUT2D eigenvalue weighted by Crippen LogP contribution is 2.34. The predicted octanol–water partition coefficient (Wildman–Crippen LogP) is 1.55. The summed E-state index contributed by atoms with van der Waals surface area (Å²) < 4.78 is 61.2. The number of nitrogens with one attached hydrogen (secondary N) is 2. The zero-order valence-electron chi connectivity index (χ0n) is 14.4. The molecule has 3 heterocycles. The van der Waals surface area contributed by atoms with Gasteiger partial charge in [0.15, 0.2) is 11.6 Å². The zero-order valence-corrected chi connectivity index (χ0v) is 15.2. The SMILES string of the molecule is Cn1cc2c(c1C(=O)Nc1ccc(F)c(F)c1)CCC1(COC1)NS2(=O)=O.